The first kappa shape index (κ1) is 9.85. The van der Waals surface area contributed by atoms with E-state index in [-0.39, 0.29) is 0 Å². The van der Waals surface area contributed by atoms with Crippen LogP contribution in [0.3, 0.4) is 0 Å². The van der Waals surface area contributed by atoms with Crippen molar-refractivity contribution in [2.24, 2.45) is 0 Å². The van der Waals surface area contributed by atoms with E-state index in [1.165, 1.54) is 16.9 Å². The number of nitrogen functional groups attached to an aromatic ring is 1. The highest BCUT2D eigenvalue weighted by Crippen LogP contribution is 2.42. The molecule has 2 aromatic heterocycles. The fourth-order valence-electron chi connectivity index (χ4n) is 2.37. The SMILES string of the molecule is Nc1nc2c(s1)-c1c(cnn1-c1ccccc1)C2. The smallest absolute Gasteiger partial charge is 0.180 e. The van der Waals surface area contributed by atoms with E-state index in [0.29, 0.717) is 5.13 Å². The van der Waals surface area contributed by atoms with Crippen molar-refractivity contribution in [2.45, 2.75) is 6.42 Å². The van der Waals surface area contributed by atoms with Crippen molar-refractivity contribution in [3.63, 3.8) is 0 Å². The quantitative estimate of drug-likeness (QED) is 0.567. The van der Waals surface area contributed by atoms with Crippen LogP contribution >= 0.6 is 11.3 Å². The Kier molecular flexibility index (Phi) is 1.87. The molecule has 3 aromatic rings. The predicted octanol–water partition coefficient (Wildman–Crippen LogP) is 2.48. The molecule has 88 valence electrons. The molecule has 0 atom stereocenters. The Morgan fingerprint density at radius 2 is 2.06 bits per heavy atom. The third-order valence-electron chi connectivity index (χ3n) is 3.13. The van der Waals surface area contributed by atoms with Gasteiger partial charge in [-0.25, -0.2) is 9.67 Å². The van der Waals surface area contributed by atoms with Gasteiger partial charge in [0.05, 0.1) is 28.1 Å². The number of aromatic nitrogens is 3. The molecule has 1 aliphatic carbocycles. The molecule has 0 aliphatic heterocycles. The predicted molar refractivity (Wildman–Crippen MR) is 71.9 cm³/mol. The lowest BCUT2D eigenvalue weighted by Crippen LogP contribution is -1.97. The van der Waals surface area contributed by atoms with Gasteiger partial charge < -0.3 is 5.73 Å². The van der Waals surface area contributed by atoms with Gasteiger partial charge in [0.1, 0.15) is 0 Å². The monoisotopic (exact) mass is 254 g/mol. The minimum absolute atomic E-state index is 0.631. The minimum Gasteiger partial charge on any atom is -0.375 e. The van der Waals surface area contributed by atoms with Crippen molar-refractivity contribution in [2.75, 3.05) is 5.73 Å². The molecule has 0 saturated heterocycles. The van der Waals surface area contributed by atoms with Crippen LogP contribution in [0.4, 0.5) is 5.13 Å². The van der Waals surface area contributed by atoms with E-state index in [1.807, 2.05) is 29.1 Å². The standard InChI is InChI=1S/C13H10N4S/c14-13-16-10-6-8-7-15-17(11(8)12(10)18-13)9-4-2-1-3-5-9/h1-5,7H,6H2,(H2,14,16). The highest BCUT2D eigenvalue weighted by molar-refractivity contribution is 7.19. The minimum atomic E-state index is 0.631. The zero-order chi connectivity index (χ0) is 12.1. The number of para-hydroxylation sites is 1. The third-order valence-corrected chi connectivity index (χ3v) is 4.07. The van der Waals surface area contributed by atoms with Crippen molar-refractivity contribution in [1.29, 1.82) is 0 Å². The second kappa shape index (κ2) is 3.43. The molecular formula is C13H10N4S. The summed E-state index contributed by atoms with van der Waals surface area (Å²) in [7, 11) is 0. The lowest BCUT2D eigenvalue weighted by atomic mass is 10.2. The largest absolute Gasteiger partial charge is 0.375 e. The average molecular weight is 254 g/mol. The highest BCUT2D eigenvalue weighted by Gasteiger charge is 2.27. The maximum absolute atomic E-state index is 5.78. The Morgan fingerprint density at radius 3 is 2.89 bits per heavy atom. The van der Waals surface area contributed by atoms with Crippen LogP contribution in [0, 0.1) is 0 Å². The number of nitrogens with two attached hydrogens (primary N) is 1. The number of nitrogens with zero attached hydrogens (tertiary/aromatic N) is 3. The summed E-state index contributed by atoms with van der Waals surface area (Å²) < 4.78 is 1.97. The van der Waals surface area contributed by atoms with Gasteiger partial charge in [-0.2, -0.15) is 5.10 Å². The molecule has 0 radical (unpaired) electrons. The zero-order valence-electron chi connectivity index (χ0n) is 9.50. The van der Waals surface area contributed by atoms with E-state index in [2.05, 4.69) is 22.2 Å². The van der Waals surface area contributed by atoms with Crippen LogP contribution in [0.1, 0.15) is 11.3 Å². The van der Waals surface area contributed by atoms with Crippen molar-refractivity contribution in [3.8, 4) is 16.3 Å². The van der Waals surface area contributed by atoms with Crippen molar-refractivity contribution in [3.05, 3.63) is 47.8 Å². The topological polar surface area (TPSA) is 56.7 Å². The lowest BCUT2D eigenvalue weighted by Gasteiger charge is -2.04. The summed E-state index contributed by atoms with van der Waals surface area (Å²) >= 11 is 1.54. The van der Waals surface area contributed by atoms with Crippen molar-refractivity contribution >= 4 is 16.5 Å². The summed E-state index contributed by atoms with van der Waals surface area (Å²) in [5, 5.41) is 5.10. The molecule has 1 aromatic carbocycles. The normalized spacial score (nSPS) is 12.4. The number of fused-ring (bicyclic) bond motifs is 3. The Hall–Kier alpha value is -2.14. The number of anilines is 1. The molecule has 5 heteroatoms. The van der Waals surface area contributed by atoms with Gasteiger partial charge in [0, 0.05) is 12.0 Å². The number of thiazole rings is 1. The first-order valence-corrected chi connectivity index (χ1v) is 6.52. The first-order valence-electron chi connectivity index (χ1n) is 5.71. The third kappa shape index (κ3) is 1.25. The molecule has 0 saturated carbocycles. The molecule has 4 nitrogen and oxygen atoms in total. The van der Waals surface area contributed by atoms with E-state index in [0.717, 1.165) is 28.4 Å². The van der Waals surface area contributed by atoms with Crippen LogP contribution < -0.4 is 5.73 Å². The maximum Gasteiger partial charge on any atom is 0.180 e. The molecule has 0 fully saturated rings. The first-order chi connectivity index (χ1) is 8.83. The van der Waals surface area contributed by atoms with Gasteiger partial charge in [0.25, 0.3) is 0 Å². The second-order valence-corrected chi connectivity index (χ2v) is 5.30. The maximum atomic E-state index is 5.78. The van der Waals surface area contributed by atoms with Crippen LogP contribution in [0.15, 0.2) is 36.5 Å². The van der Waals surface area contributed by atoms with E-state index >= 15 is 0 Å². The lowest BCUT2D eigenvalue weighted by molar-refractivity contribution is 0.889. The molecule has 2 N–H and O–H groups in total. The average Bonchev–Trinajstić information content (AvgIpc) is 3.00. The zero-order valence-corrected chi connectivity index (χ0v) is 10.3. The highest BCUT2D eigenvalue weighted by atomic mass is 32.1. The van der Waals surface area contributed by atoms with Crippen LogP contribution in [-0.2, 0) is 6.42 Å². The molecule has 1 aliphatic rings. The summed E-state index contributed by atoms with van der Waals surface area (Å²) in [6.07, 6.45) is 2.76. The molecule has 0 amide bonds. The van der Waals surface area contributed by atoms with E-state index in [9.17, 15) is 0 Å². The number of hydrogen-bond donors (Lipinski definition) is 1. The van der Waals surface area contributed by atoms with Crippen molar-refractivity contribution in [1.82, 2.24) is 14.8 Å². The van der Waals surface area contributed by atoms with Gasteiger partial charge in [0.2, 0.25) is 0 Å². The Morgan fingerprint density at radius 1 is 1.22 bits per heavy atom. The van der Waals surface area contributed by atoms with Crippen LogP contribution in [0.25, 0.3) is 16.3 Å². The van der Waals surface area contributed by atoms with Crippen LogP contribution in [-0.4, -0.2) is 14.8 Å². The molecule has 0 bridgehead atoms. The molecule has 4 rings (SSSR count). The van der Waals surface area contributed by atoms with Gasteiger partial charge in [-0.3, -0.25) is 0 Å². The summed E-state index contributed by atoms with van der Waals surface area (Å²) in [6, 6.07) is 10.1. The van der Waals surface area contributed by atoms with E-state index < -0.39 is 0 Å². The van der Waals surface area contributed by atoms with Gasteiger partial charge in [-0.05, 0) is 12.1 Å². The van der Waals surface area contributed by atoms with Crippen molar-refractivity contribution < 1.29 is 0 Å². The summed E-state index contributed by atoms with van der Waals surface area (Å²) in [4.78, 5) is 5.52. The molecule has 18 heavy (non-hydrogen) atoms. The van der Waals surface area contributed by atoms with E-state index in [4.69, 9.17) is 5.73 Å². The number of rotatable bonds is 1. The second-order valence-electron chi connectivity index (χ2n) is 4.27. The number of benzene rings is 1. The fraction of sp³-hybridized carbons (Fsp3) is 0.0769. The molecule has 2 heterocycles. The molecule has 0 spiro atoms. The Labute approximate surface area is 108 Å². The summed E-state index contributed by atoms with van der Waals surface area (Å²) in [5.74, 6) is 0. The Bertz CT molecular complexity index is 727. The fourth-order valence-corrected chi connectivity index (χ4v) is 3.29. The van der Waals surface area contributed by atoms with Gasteiger partial charge >= 0.3 is 0 Å². The van der Waals surface area contributed by atoms with Crippen LogP contribution in [0.2, 0.25) is 0 Å². The van der Waals surface area contributed by atoms with Gasteiger partial charge in [-0.1, -0.05) is 29.5 Å². The van der Waals surface area contributed by atoms with Gasteiger partial charge in [-0.15, -0.1) is 0 Å². The van der Waals surface area contributed by atoms with Gasteiger partial charge in [0.15, 0.2) is 5.13 Å². The molecular weight excluding hydrogens is 244 g/mol. The Balaban J connectivity index is 1.96. The molecule has 0 unspecified atom stereocenters. The summed E-state index contributed by atoms with van der Waals surface area (Å²) in [6.45, 7) is 0. The van der Waals surface area contributed by atoms with Crippen LogP contribution in [0.5, 0.6) is 0 Å². The number of hydrogen-bond acceptors (Lipinski definition) is 4. The summed E-state index contributed by atoms with van der Waals surface area (Å²) in [5.41, 5.74) is 10.3. The van der Waals surface area contributed by atoms with E-state index in [1.54, 1.807) is 0 Å².